The van der Waals surface area contributed by atoms with Crippen LogP contribution in [-0.4, -0.2) is 27.8 Å². The minimum absolute atomic E-state index is 0.218. The lowest BCUT2D eigenvalue weighted by atomic mass is 10.2. The highest BCUT2D eigenvalue weighted by Crippen LogP contribution is 2.18. The van der Waals surface area contributed by atoms with Gasteiger partial charge < -0.3 is 10.6 Å². The maximum Gasteiger partial charge on any atom is 0.255 e. The summed E-state index contributed by atoms with van der Waals surface area (Å²) in [6, 6.07) is 7.02. The Hall–Kier alpha value is -2.14. The van der Waals surface area contributed by atoms with Crippen LogP contribution in [0, 0.1) is 0 Å². The van der Waals surface area contributed by atoms with Crippen molar-refractivity contribution in [3.05, 3.63) is 52.9 Å². The maximum atomic E-state index is 12.3. The quantitative estimate of drug-likeness (QED) is 0.930. The van der Waals surface area contributed by atoms with Crippen LogP contribution in [0.5, 0.6) is 0 Å². The van der Waals surface area contributed by atoms with Gasteiger partial charge in [-0.3, -0.25) is 9.78 Å². The third-order valence-electron chi connectivity index (χ3n) is 2.58. The SMILES string of the molecule is CN(Cc1ccccn1)C(=O)c1cc(N)ncc1Cl. The van der Waals surface area contributed by atoms with Crippen LogP contribution in [-0.2, 0) is 6.54 Å². The number of nitrogen functional groups attached to an aromatic ring is 1. The van der Waals surface area contributed by atoms with Crippen LogP contribution >= 0.6 is 11.6 Å². The van der Waals surface area contributed by atoms with Crippen molar-refractivity contribution in [2.24, 2.45) is 0 Å². The summed E-state index contributed by atoms with van der Waals surface area (Å²) in [7, 11) is 1.68. The third-order valence-corrected chi connectivity index (χ3v) is 2.88. The monoisotopic (exact) mass is 276 g/mol. The van der Waals surface area contributed by atoms with Crippen LogP contribution in [0.3, 0.4) is 0 Å². The second-order valence-corrected chi connectivity index (χ2v) is 4.48. The van der Waals surface area contributed by atoms with Crippen LogP contribution < -0.4 is 5.73 Å². The molecule has 2 N–H and O–H groups in total. The molecule has 2 aromatic heterocycles. The molecule has 19 heavy (non-hydrogen) atoms. The minimum Gasteiger partial charge on any atom is -0.384 e. The fraction of sp³-hybridized carbons (Fsp3) is 0.154. The Morgan fingerprint density at radius 1 is 1.42 bits per heavy atom. The molecule has 2 rings (SSSR count). The van der Waals surface area contributed by atoms with Gasteiger partial charge in [0.15, 0.2) is 0 Å². The van der Waals surface area contributed by atoms with Crippen molar-refractivity contribution in [2.45, 2.75) is 6.54 Å². The zero-order valence-corrected chi connectivity index (χ0v) is 11.1. The third kappa shape index (κ3) is 3.20. The first-order valence-corrected chi connectivity index (χ1v) is 6.02. The number of hydrogen-bond acceptors (Lipinski definition) is 4. The number of amides is 1. The molecule has 0 fully saturated rings. The number of hydrogen-bond donors (Lipinski definition) is 1. The lowest BCUT2D eigenvalue weighted by molar-refractivity contribution is 0.0783. The van der Waals surface area contributed by atoms with E-state index in [2.05, 4.69) is 9.97 Å². The number of nitrogens with zero attached hydrogens (tertiary/aromatic N) is 3. The van der Waals surface area contributed by atoms with Crippen molar-refractivity contribution in [2.75, 3.05) is 12.8 Å². The van der Waals surface area contributed by atoms with Gasteiger partial charge in [-0.2, -0.15) is 0 Å². The van der Waals surface area contributed by atoms with E-state index < -0.39 is 0 Å². The first kappa shape index (κ1) is 13.3. The number of nitrogens with two attached hydrogens (primary N) is 1. The lowest BCUT2D eigenvalue weighted by Crippen LogP contribution is -2.27. The molecule has 2 heterocycles. The van der Waals surface area contributed by atoms with E-state index >= 15 is 0 Å². The van der Waals surface area contributed by atoms with E-state index in [9.17, 15) is 4.79 Å². The van der Waals surface area contributed by atoms with Crippen molar-refractivity contribution < 1.29 is 4.79 Å². The molecule has 0 radical (unpaired) electrons. The van der Waals surface area contributed by atoms with E-state index in [-0.39, 0.29) is 16.7 Å². The Morgan fingerprint density at radius 2 is 2.21 bits per heavy atom. The largest absolute Gasteiger partial charge is 0.384 e. The molecule has 5 nitrogen and oxygen atoms in total. The van der Waals surface area contributed by atoms with Gasteiger partial charge in [0.25, 0.3) is 5.91 Å². The standard InChI is InChI=1S/C13H13ClN4O/c1-18(8-9-4-2-3-5-16-9)13(19)10-6-12(15)17-7-11(10)14/h2-7H,8H2,1H3,(H2,15,17). The molecule has 0 spiro atoms. The van der Waals surface area contributed by atoms with E-state index in [1.54, 1.807) is 13.2 Å². The Kier molecular flexibility index (Phi) is 3.97. The van der Waals surface area contributed by atoms with Crippen molar-refractivity contribution >= 4 is 23.3 Å². The summed E-state index contributed by atoms with van der Waals surface area (Å²) in [4.78, 5) is 21.8. The van der Waals surface area contributed by atoms with Crippen molar-refractivity contribution in [1.29, 1.82) is 0 Å². The Bertz CT molecular complexity index is 588. The van der Waals surface area contributed by atoms with E-state index in [1.165, 1.54) is 17.2 Å². The van der Waals surface area contributed by atoms with E-state index in [0.717, 1.165) is 5.69 Å². The normalized spacial score (nSPS) is 10.2. The summed E-state index contributed by atoms with van der Waals surface area (Å²) < 4.78 is 0. The van der Waals surface area contributed by atoms with Gasteiger partial charge in [0.05, 0.1) is 22.8 Å². The number of pyridine rings is 2. The summed E-state index contributed by atoms with van der Waals surface area (Å²) >= 11 is 5.96. The number of halogens is 1. The summed E-state index contributed by atoms with van der Waals surface area (Å²) in [6.07, 6.45) is 3.06. The highest BCUT2D eigenvalue weighted by Gasteiger charge is 2.16. The van der Waals surface area contributed by atoms with Crippen LogP contribution in [0.4, 0.5) is 5.82 Å². The molecule has 1 amide bonds. The van der Waals surface area contributed by atoms with Gasteiger partial charge in [0.1, 0.15) is 5.82 Å². The number of carbonyl (C=O) groups is 1. The second kappa shape index (κ2) is 5.67. The fourth-order valence-corrected chi connectivity index (χ4v) is 1.81. The van der Waals surface area contributed by atoms with Gasteiger partial charge in [-0.1, -0.05) is 17.7 Å². The number of carbonyl (C=O) groups excluding carboxylic acids is 1. The first-order chi connectivity index (χ1) is 9.08. The van der Waals surface area contributed by atoms with Crippen LogP contribution in [0.15, 0.2) is 36.7 Å². The van der Waals surface area contributed by atoms with Crippen LogP contribution in [0.1, 0.15) is 16.1 Å². The predicted octanol–water partition coefficient (Wildman–Crippen LogP) is 1.98. The summed E-state index contributed by atoms with van der Waals surface area (Å²) in [6.45, 7) is 0.401. The molecule has 0 aliphatic heterocycles. The zero-order chi connectivity index (χ0) is 13.8. The smallest absolute Gasteiger partial charge is 0.255 e. The van der Waals surface area contributed by atoms with Gasteiger partial charge in [-0.25, -0.2) is 4.98 Å². The van der Waals surface area contributed by atoms with Gasteiger partial charge in [0.2, 0.25) is 0 Å². The van der Waals surface area contributed by atoms with Crippen LogP contribution in [0.2, 0.25) is 5.02 Å². The first-order valence-electron chi connectivity index (χ1n) is 5.64. The molecule has 0 atom stereocenters. The van der Waals surface area contributed by atoms with Gasteiger partial charge in [-0.05, 0) is 18.2 Å². The maximum absolute atomic E-state index is 12.3. The molecule has 0 bridgehead atoms. The molecular formula is C13H13ClN4O. The Labute approximate surface area is 116 Å². The lowest BCUT2D eigenvalue weighted by Gasteiger charge is -2.17. The molecule has 98 valence electrons. The van der Waals surface area contributed by atoms with Crippen LogP contribution in [0.25, 0.3) is 0 Å². The molecule has 6 heteroatoms. The van der Waals surface area contributed by atoms with Crippen molar-refractivity contribution in [3.63, 3.8) is 0 Å². The molecular weight excluding hydrogens is 264 g/mol. The average Bonchev–Trinajstić information content (AvgIpc) is 2.42. The van der Waals surface area contributed by atoms with E-state index in [0.29, 0.717) is 12.1 Å². The molecule has 0 aromatic carbocycles. The van der Waals surface area contributed by atoms with Crippen molar-refractivity contribution in [3.8, 4) is 0 Å². The van der Waals surface area contributed by atoms with Gasteiger partial charge in [-0.15, -0.1) is 0 Å². The summed E-state index contributed by atoms with van der Waals surface area (Å²) in [5.41, 5.74) is 6.71. The molecule has 0 unspecified atom stereocenters. The van der Waals surface area contributed by atoms with E-state index in [1.807, 2.05) is 18.2 Å². The summed E-state index contributed by atoms with van der Waals surface area (Å²) in [5.74, 6) is 0.0451. The van der Waals surface area contributed by atoms with Crippen molar-refractivity contribution in [1.82, 2.24) is 14.9 Å². The number of anilines is 1. The molecule has 0 saturated heterocycles. The average molecular weight is 277 g/mol. The molecule has 0 saturated carbocycles. The molecule has 2 aromatic rings. The fourth-order valence-electron chi connectivity index (χ4n) is 1.63. The molecule has 0 aliphatic rings. The highest BCUT2D eigenvalue weighted by molar-refractivity contribution is 6.33. The van der Waals surface area contributed by atoms with E-state index in [4.69, 9.17) is 17.3 Å². The highest BCUT2D eigenvalue weighted by atomic mass is 35.5. The second-order valence-electron chi connectivity index (χ2n) is 4.07. The Balaban J connectivity index is 2.17. The van der Waals surface area contributed by atoms with Gasteiger partial charge in [0, 0.05) is 19.4 Å². The zero-order valence-electron chi connectivity index (χ0n) is 10.4. The minimum atomic E-state index is -0.218. The number of rotatable bonds is 3. The number of aromatic nitrogens is 2. The summed E-state index contributed by atoms with van der Waals surface area (Å²) in [5, 5.41) is 0.284. The van der Waals surface area contributed by atoms with Gasteiger partial charge >= 0.3 is 0 Å². The molecule has 0 aliphatic carbocycles. The predicted molar refractivity (Wildman–Crippen MR) is 73.7 cm³/mol. The topological polar surface area (TPSA) is 72.1 Å². The Morgan fingerprint density at radius 3 is 2.89 bits per heavy atom.